The number of ether oxygens (including phenoxy) is 1. The summed E-state index contributed by atoms with van der Waals surface area (Å²) in [6, 6.07) is 11.1. The van der Waals surface area contributed by atoms with E-state index < -0.39 is 23.1 Å². The topological polar surface area (TPSA) is 104 Å². The second-order valence-electron chi connectivity index (χ2n) is 6.19. The van der Waals surface area contributed by atoms with Crippen molar-refractivity contribution in [1.29, 1.82) is 0 Å². The van der Waals surface area contributed by atoms with Gasteiger partial charge in [-0.2, -0.15) is 11.3 Å². The van der Waals surface area contributed by atoms with Gasteiger partial charge in [0.15, 0.2) is 0 Å². The molecule has 1 atom stereocenters. The number of carbonyl (C=O) groups is 1. The van der Waals surface area contributed by atoms with E-state index in [-0.39, 0.29) is 18.0 Å². The number of esters is 1. The third-order valence-corrected chi connectivity index (χ3v) is 5.21. The lowest BCUT2D eigenvalue weighted by atomic mass is 9.82. The highest BCUT2D eigenvalue weighted by molar-refractivity contribution is 7.08. The van der Waals surface area contributed by atoms with Crippen molar-refractivity contribution >= 4 is 28.8 Å². The maximum atomic E-state index is 13.0. The van der Waals surface area contributed by atoms with E-state index in [2.05, 4.69) is 15.3 Å². The molecule has 0 radical (unpaired) electrons. The molecule has 0 saturated heterocycles. The standard InChI is InChI=1S/C20H17N3O4S/c1-2-27-19(25)14-13(12-8-9-28-10-12)15-17(22-20(26)23-18(15)24)21-16(14)11-6-4-3-5-7-11/h3-10,13H,2H2,1H3,(H3,21,22,23,24,26). The number of benzene rings is 1. The molecule has 3 N–H and O–H groups in total. The van der Waals surface area contributed by atoms with Crippen molar-refractivity contribution in [1.82, 2.24) is 9.97 Å². The van der Waals surface area contributed by atoms with E-state index in [4.69, 9.17) is 4.74 Å². The Morgan fingerprint density at radius 2 is 1.93 bits per heavy atom. The van der Waals surface area contributed by atoms with Crippen LogP contribution in [0.15, 0.2) is 62.3 Å². The normalized spacial score (nSPS) is 15.7. The predicted octanol–water partition coefficient (Wildman–Crippen LogP) is 2.66. The first kappa shape index (κ1) is 18.0. The summed E-state index contributed by atoms with van der Waals surface area (Å²) in [4.78, 5) is 42.4. The van der Waals surface area contributed by atoms with Gasteiger partial charge in [0.2, 0.25) is 0 Å². The van der Waals surface area contributed by atoms with Gasteiger partial charge in [-0.05, 0) is 34.9 Å². The first-order chi connectivity index (χ1) is 13.6. The quantitative estimate of drug-likeness (QED) is 0.589. The molecule has 0 bridgehead atoms. The molecule has 1 unspecified atom stereocenters. The van der Waals surface area contributed by atoms with Crippen LogP contribution < -0.4 is 16.6 Å². The van der Waals surface area contributed by atoms with Crippen molar-refractivity contribution < 1.29 is 9.53 Å². The summed E-state index contributed by atoms with van der Waals surface area (Å²) in [5.41, 5.74) is 1.48. The molecule has 0 fully saturated rings. The highest BCUT2D eigenvalue weighted by Crippen LogP contribution is 2.42. The molecule has 0 spiro atoms. The van der Waals surface area contributed by atoms with Crippen LogP contribution in [0.2, 0.25) is 0 Å². The Hall–Kier alpha value is -3.39. The molecule has 2 aromatic heterocycles. The molecule has 1 aliphatic rings. The Bertz CT molecular complexity index is 1160. The van der Waals surface area contributed by atoms with Crippen molar-refractivity contribution in [3.63, 3.8) is 0 Å². The highest BCUT2D eigenvalue weighted by Gasteiger charge is 2.37. The zero-order valence-electron chi connectivity index (χ0n) is 14.9. The summed E-state index contributed by atoms with van der Waals surface area (Å²) in [7, 11) is 0. The van der Waals surface area contributed by atoms with Gasteiger partial charge in [-0.15, -0.1) is 0 Å². The van der Waals surface area contributed by atoms with E-state index in [1.807, 2.05) is 47.2 Å². The molecule has 4 rings (SSSR count). The van der Waals surface area contributed by atoms with Crippen LogP contribution in [0.5, 0.6) is 0 Å². The Morgan fingerprint density at radius 1 is 1.14 bits per heavy atom. The number of rotatable bonds is 4. The van der Waals surface area contributed by atoms with Gasteiger partial charge in [0.25, 0.3) is 5.56 Å². The number of carbonyl (C=O) groups excluding carboxylic acids is 1. The van der Waals surface area contributed by atoms with Gasteiger partial charge in [0.05, 0.1) is 29.4 Å². The number of fused-ring (bicyclic) bond motifs is 1. The minimum Gasteiger partial charge on any atom is -0.463 e. The zero-order chi connectivity index (χ0) is 19.7. The Labute approximate surface area is 163 Å². The van der Waals surface area contributed by atoms with Crippen LogP contribution in [0.1, 0.15) is 29.5 Å². The van der Waals surface area contributed by atoms with Crippen LogP contribution in [0.4, 0.5) is 5.82 Å². The molecule has 0 saturated carbocycles. The molecular weight excluding hydrogens is 378 g/mol. The zero-order valence-corrected chi connectivity index (χ0v) is 15.8. The van der Waals surface area contributed by atoms with Gasteiger partial charge in [0, 0.05) is 0 Å². The first-order valence-electron chi connectivity index (χ1n) is 8.72. The lowest BCUT2D eigenvalue weighted by Gasteiger charge is -2.29. The van der Waals surface area contributed by atoms with E-state index in [1.54, 1.807) is 6.92 Å². The molecule has 0 amide bonds. The third-order valence-electron chi connectivity index (χ3n) is 4.51. The summed E-state index contributed by atoms with van der Waals surface area (Å²) in [5.74, 6) is -0.907. The van der Waals surface area contributed by atoms with Gasteiger partial charge < -0.3 is 10.1 Å². The summed E-state index contributed by atoms with van der Waals surface area (Å²) in [6.07, 6.45) is 0. The molecule has 1 aromatic carbocycles. The van der Waals surface area contributed by atoms with Crippen LogP contribution in [-0.4, -0.2) is 22.5 Å². The molecule has 7 nitrogen and oxygen atoms in total. The fourth-order valence-electron chi connectivity index (χ4n) is 3.38. The second-order valence-corrected chi connectivity index (χ2v) is 6.97. The number of hydrogen-bond donors (Lipinski definition) is 3. The molecule has 3 heterocycles. The number of hydrogen-bond acceptors (Lipinski definition) is 6. The molecule has 8 heteroatoms. The summed E-state index contributed by atoms with van der Waals surface area (Å²) in [6.45, 7) is 1.93. The SMILES string of the molecule is CCOC(=O)C1=C(c2ccccc2)Nc2[nH]c(=O)[nH]c(=O)c2C1c1ccsc1. The van der Waals surface area contributed by atoms with Gasteiger partial charge in [0.1, 0.15) is 5.82 Å². The molecule has 142 valence electrons. The van der Waals surface area contributed by atoms with Gasteiger partial charge in [-0.1, -0.05) is 30.3 Å². The second kappa shape index (κ2) is 7.32. The van der Waals surface area contributed by atoms with E-state index >= 15 is 0 Å². The maximum Gasteiger partial charge on any atom is 0.337 e. The Kier molecular flexibility index (Phi) is 4.70. The van der Waals surface area contributed by atoms with E-state index in [0.29, 0.717) is 11.3 Å². The van der Waals surface area contributed by atoms with Gasteiger partial charge in [-0.25, -0.2) is 9.59 Å². The van der Waals surface area contributed by atoms with Crippen LogP contribution in [0.25, 0.3) is 5.70 Å². The largest absolute Gasteiger partial charge is 0.463 e. The fourth-order valence-corrected chi connectivity index (χ4v) is 4.07. The average molecular weight is 395 g/mol. The van der Waals surface area contributed by atoms with Crippen molar-refractivity contribution in [2.75, 3.05) is 11.9 Å². The van der Waals surface area contributed by atoms with E-state index in [0.717, 1.165) is 11.1 Å². The van der Waals surface area contributed by atoms with Crippen molar-refractivity contribution in [2.24, 2.45) is 0 Å². The fraction of sp³-hybridized carbons (Fsp3) is 0.150. The smallest absolute Gasteiger partial charge is 0.337 e. The minimum atomic E-state index is -0.669. The molecule has 28 heavy (non-hydrogen) atoms. The van der Waals surface area contributed by atoms with E-state index in [9.17, 15) is 14.4 Å². The number of aromatic nitrogens is 2. The first-order valence-corrected chi connectivity index (χ1v) is 9.66. The van der Waals surface area contributed by atoms with Crippen LogP contribution in [0.3, 0.4) is 0 Å². The van der Waals surface area contributed by atoms with Gasteiger partial charge >= 0.3 is 11.7 Å². The number of aromatic amines is 2. The highest BCUT2D eigenvalue weighted by atomic mass is 32.1. The van der Waals surface area contributed by atoms with Gasteiger partial charge in [-0.3, -0.25) is 14.8 Å². The lowest BCUT2D eigenvalue weighted by molar-refractivity contribution is -0.138. The van der Waals surface area contributed by atoms with Crippen LogP contribution in [-0.2, 0) is 9.53 Å². The maximum absolute atomic E-state index is 13.0. The number of thiophene rings is 1. The molecule has 3 aromatic rings. The van der Waals surface area contributed by atoms with Crippen molar-refractivity contribution in [3.05, 3.63) is 90.3 Å². The van der Waals surface area contributed by atoms with Crippen LogP contribution >= 0.6 is 11.3 Å². The van der Waals surface area contributed by atoms with E-state index in [1.165, 1.54) is 11.3 Å². The van der Waals surface area contributed by atoms with Crippen molar-refractivity contribution in [3.8, 4) is 0 Å². The monoisotopic (exact) mass is 395 g/mol. The molecular formula is C20H17N3O4S. The summed E-state index contributed by atoms with van der Waals surface area (Å²) in [5, 5.41) is 6.84. The summed E-state index contributed by atoms with van der Waals surface area (Å²) >= 11 is 1.46. The number of nitrogens with one attached hydrogen (secondary N) is 3. The number of anilines is 1. The lowest BCUT2D eigenvalue weighted by Crippen LogP contribution is -2.34. The molecule has 0 aliphatic carbocycles. The Morgan fingerprint density at radius 3 is 2.61 bits per heavy atom. The minimum absolute atomic E-state index is 0.204. The van der Waals surface area contributed by atoms with Crippen molar-refractivity contribution in [2.45, 2.75) is 12.8 Å². The van der Waals surface area contributed by atoms with Crippen LogP contribution in [0, 0.1) is 0 Å². The molecule has 1 aliphatic heterocycles. The Balaban J connectivity index is 2.05. The number of H-pyrrole nitrogens is 2. The summed E-state index contributed by atoms with van der Waals surface area (Å²) < 4.78 is 5.32. The third kappa shape index (κ3) is 3.07. The average Bonchev–Trinajstić information content (AvgIpc) is 3.21. The predicted molar refractivity (Wildman–Crippen MR) is 107 cm³/mol.